The van der Waals surface area contributed by atoms with Crippen LogP contribution in [0.15, 0.2) is 24.3 Å². The number of ether oxygens (including phenoxy) is 1. The molecule has 3 nitrogen and oxygen atoms in total. The molecule has 1 rings (SSSR count). The van der Waals surface area contributed by atoms with E-state index in [0.29, 0.717) is 18.7 Å². The van der Waals surface area contributed by atoms with Gasteiger partial charge in [0, 0.05) is 13.0 Å². The highest BCUT2D eigenvalue weighted by Crippen LogP contribution is 2.17. The Kier molecular flexibility index (Phi) is 5.78. The normalized spacial score (nSPS) is 9.88. The van der Waals surface area contributed by atoms with E-state index < -0.39 is 0 Å². The second-order valence-corrected chi connectivity index (χ2v) is 3.83. The lowest BCUT2D eigenvalue weighted by Gasteiger charge is -2.08. The smallest absolute Gasteiger partial charge is 0.220 e. The number of benzene rings is 1. The lowest BCUT2D eigenvalue weighted by molar-refractivity contribution is -0.120. The molecular weight excluding hydrogens is 222 g/mol. The molecule has 0 heterocycles. The average molecular weight is 239 g/mol. The van der Waals surface area contributed by atoms with Crippen molar-refractivity contribution in [1.29, 1.82) is 0 Å². The Hall–Kier alpha value is -1.16. The van der Waals surface area contributed by atoms with Gasteiger partial charge in [0.15, 0.2) is 0 Å². The molecule has 0 unspecified atom stereocenters. The van der Waals surface area contributed by atoms with E-state index in [9.17, 15) is 4.79 Å². The molecule has 16 heavy (non-hydrogen) atoms. The molecule has 0 bridgehead atoms. The van der Waals surface area contributed by atoms with Crippen LogP contribution in [-0.2, 0) is 11.2 Å². The molecule has 1 amide bonds. The molecule has 88 valence electrons. The quantitative estimate of drug-likeness (QED) is 0.741. The minimum atomic E-state index is 0.0462. The molecule has 0 aromatic heterocycles. The molecule has 1 N–H and O–H groups in total. The fraction of sp³-hybridized carbons (Fsp3) is 0.417. The van der Waals surface area contributed by atoms with Gasteiger partial charge in [-0.1, -0.05) is 18.2 Å². The molecular formula is C12H17NO2S. The summed E-state index contributed by atoms with van der Waals surface area (Å²) in [5, 5.41) is 2.84. The van der Waals surface area contributed by atoms with Crippen molar-refractivity contribution in [2.24, 2.45) is 0 Å². The van der Waals surface area contributed by atoms with Crippen LogP contribution in [0.5, 0.6) is 5.75 Å². The molecule has 0 aliphatic heterocycles. The molecule has 0 fully saturated rings. The average Bonchev–Trinajstić information content (AvgIpc) is 2.30. The summed E-state index contributed by atoms with van der Waals surface area (Å²) in [6, 6.07) is 7.82. The molecule has 0 saturated heterocycles. The van der Waals surface area contributed by atoms with Crippen molar-refractivity contribution in [1.82, 2.24) is 5.32 Å². The van der Waals surface area contributed by atoms with Crippen LogP contribution in [-0.4, -0.2) is 25.3 Å². The maximum atomic E-state index is 11.2. The maximum absolute atomic E-state index is 11.2. The highest BCUT2D eigenvalue weighted by atomic mass is 32.1. The van der Waals surface area contributed by atoms with Crippen molar-refractivity contribution < 1.29 is 9.53 Å². The van der Waals surface area contributed by atoms with Crippen molar-refractivity contribution in [3.8, 4) is 5.75 Å². The van der Waals surface area contributed by atoms with Crippen LogP contribution < -0.4 is 10.1 Å². The zero-order valence-corrected chi connectivity index (χ0v) is 10.3. The first-order valence-corrected chi connectivity index (χ1v) is 5.90. The van der Waals surface area contributed by atoms with Crippen LogP contribution in [0, 0.1) is 0 Å². The largest absolute Gasteiger partial charge is 0.496 e. The summed E-state index contributed by atoms with van der Waals surface area (Å²) in [6.07, 6.45) is 1.25. The number of thiol groups is 1. The van der Waals surface area contributed by atoms with E-state index >= 15 is 0 Å². The Morgan fingerprint density at radius 3 is 2.88 bits per heavy atom. The fourth-order valence-corrected chi connectivity index (χ4v) is 1.64. The topological polar surface area (TPSA) is 38.3 Å². The lowest BCUT2D eigenvalue weighted by atomic mass is 10.1. The molecule has 4 heteroatoms. The molecule has 1 aromatic rings. The van der Waals surface area contributed by atoms with Crippen LogP contribution >= 0.6 is 12.6 Å². The first-order chi connectivity index (χ1) is 7.77. The highest BCUT2D eigenvalue weighted by Gasteiger charge is 2.02. The van der Waals surface area contributed by atoms with E-state index in [4.69, 9.17) is 4.74 Å². The number of rotatable bonds is 6. The summed E-state index contributed by atoms with van der Waals surface area (Å²) in [5.41, 5.74) is 1.11. The first kappa shape index (κ1) is 12.9. The van der Waals surface area contributed by atoms with Gasteiger partial charge < -0.3 is 10.1 Å². The predicted octanol–water partition coefficient (Wildman–Crippen LogP) is 1.67. The molecule has 1 aromatic carbocycles. The van der Waals surface area contributed by atoms with Crippen molar-refractivity contribution in [2.75, 3.05) is 19.4 Å². The second kappa shape index (κ2) is 7.17. The van der Waals surface area contributed by atoms with Crippen LogP contribution in [0.1, 0.15) is 12.0 Å². The Balaban J connectivity index is 2.39. The van der Waals surface area contributed by atoms with Gasteiger partial charge in [-0.05, 0) is 23.8 Å². The van der Waals surface area contributed by atoms with Gasteiger partial charge in [0.1, 0.15) is 5.75 Å². The number of methoxy groups -OCH3 is 1. The van der Waals surface area contributed by atoms with E-state index in [-0.39, 0.29) is 5.91 Å². The highest BCUT2D eigenvalue weighted by molar-refractivity contribution is 7.80. The van der Waals surface area contributed by atoms with Gasteiger partial charge in [0.2, 0.25) is 5.91 Å². The van der Waals surface area contributed by atoms with Crippen molar-refractivity contribution in [2.45, 2.75) is 12.8 Å². The molecule has 0 spiro atoms. The summed E-state index contributed by atoms with van der Waals surface area (Å²) in [6.45, 7) is 0.632. The summed E-state index contributed by atoms with van der Waals surface area (Å²) >= 11 is 4.00. The second-order valence-electron chi connectivity index (χ2n) is 3.39. The summed E-state index contributed by atoms with van der Waals surface area (Å²) in [5.74, 6) is 1.50. The third kappa shape index (κ3) is 4.14. The number of carbonyl (C=O) groups is 1. The molecule has 0 aliphatic rings. The minimum Gasteiger partial charge on any atom is -0.496 e. The number of para-hydroxylation sites is 1. The van der Waals surface area contributed by atoms with Gasteiger partial charge in [-0.2, -0.15) is 12.6 Å². The van der Waals surface area contributed by atoms with Gasteiger partial charge in [-0.3, -0.25) is 4.79 Å². The van der Waals surface area contributed by atoms with Gasteiger partial charge in [-0.25, -0.2) is 0 Å². The van der Waals surface area contributed by atoms with Crippen molar-refractivity contribution in [3.63, 3.8) is 0 Å². The van der Waals surface area contributed by atoms with Gasteiger partial charge in [-0.15, -0.1) is 0 Å². The summed E-state index contributed by atoms with van der Waals surface area (Å²) < 4.78 is 5.23. The van der Waals surface area contributed by atoms with Crippen LogP contribution in [0.4, 0.5) is 0 Å². The summed E-state index contributed by atoms with van der Waals surface area (Å²) in [7, 11) is 1.65. The van der Waals surface area contributed by atoms with Gasteiger partial charge in [0.05, 0.1) is 7.11 Å². The minimum absolute atomic E-state index is 0.0462. The zero-order chi connectivity index (χ0) is 11.8. The third-order valence-corrected chi connectivity index (χ3v) is 2.47. The monoisotopic (exact) mass is 239 g/mol. The zero-order valence-electron chi connectivity index (χ0n) is 9.40. The van der Waals surface area contributed by atoms with E-state index in [2.05, 4.69) is 17.9 Å². The maximum Gasteiger partial charge on any atom is 0.220 e. The Morgan fingerprint density at radius 2 is 2.19 bits per heavy atom. The summed E-state index contributed by atoms with van der Waals surface area (Å²) in [4.78, 5) is 11.2. The third-order valence-electron chi connectivity index (χ3n) is 2.25. The number of amides is 1. The van der Waals surface area contributed by atoms with Gasteiger partial charge >= 0.3 is 0 Å². The van der Waals surface area contributed by atoms with E-state index in [0.717, 1.165) is 17.7 Å². The molecule has 0 saturated carbocycles. The lowest BCUT2D eigenvalue weighted by Crippen LogP contribution is -2.25. The van der Waals surface area contributed by atoms with E-state index in [1.54, 1.807) is 7.11 Å². The van der Waals surface area contributed by atoms with Crippen LogP contribution in [0.2, 0.25) is 0 Å². The van der Waals surface area contributed by atoms with Crippen LogP contribution in [0.25, 0.3) is 0 Å². The Bertz CT molecular complexity index is 342. The predicted molar refractivity (Wildman–Crippen MR) is 68.2 cm³/mol. The van der Waals surface area contributed by atoms with Crippen molar-refractivity contribution in [3.05, 3.63) is 29.8 Å². The standard InChI is InChI=1S/C12H17NO2S/c1-15-11-5-3-2-4-10(11)6-8-13-12(14)7-9-16/h2-5,16H,6-9H2,1H3,(H,13,14). The number of hydrogen-bond donors (Lipinski definition) is 2. The van der Waals surface area contributed by atoms with E-state index in [1.807, 2.05) is 24.3 Å². The Morgan fingerprint density at radius 1 is 1.44 bits per heavy atom. The number of carbonyl (C=O) groups excluding carboxylic acids is 1. The fourth-order valence-electron chi connectivity index (χ4n) is 1.44. The van der Waals surface area contributed by atoms with E-state index in [1.165, 1.54) is 0 Å². The number of hydrogen-bond acceptors (Lipinski definition) is 3. The van der Waals surface area contributed by atoms with Crippen LogP contribution in [0.3, 0.4) is 0 Å². The molecule has 0 aliphatic carbocycles. The van der Waals surface area contributed by atoms with Crippen molar-refractivity contribution >= 4 is 18.5 Å². The Labute approximate surface area is 102 Å². The van der Waals surface area contributed by atoms with Gasteiger partial charge in [0.25, 0.3) is 0 Å². The number of nitrogens with one attached hydrogen (secondary N) is 1. The first-order valence-electron chi connectivity index (χ1n) is 5.27. The molecule has 0 radical (unpaired) electrons. The molecule has 0 atom stereocenters. The SMILES string of the molecule is COc1ccccc1CCNC(=O)CCS.